The molecule has 1 unspecified atom stereocenters. The van der Waals surface area contributed by atoms with Gasteiger partial charge in [-0.15, -0.1) is 5.10 Å². The minimum Gasteiger partial charge on any atom is -0.472 e. The summed E-state index contributed by atoms with van der Waals surface area (Å²) in [7, 11) is -3.61. The zero-order valence-corrected chi connectivity index (χ0v) is 14.9. The molecule has 0 amide bonds. The molecule has 0 N–H and O–H groups in total. The monoisotopic (exact) mass is 361 g/mol. The van der Waals surface area contributed by atoms with Gasteiger partial charge in [-0.1, -0.05) is 12.1 Å². The second-order valence-corrected chi connectivity index (χ2v) is 7.92. The van der Waals surface area contributed by atoms with Crippen LogP contribution in [0.5, 0.6) is 5.88 Å². The molecule has 2 aromatic rings. The molecule has 0 bridgehead atoms. The molecule has 3 rings (SSSR count). The van der Waals surface area contributed by atoms with Crippen molar-refractivity contribution in [2.75, 3.05) is 13.1 Å². The van der Waals surface area contributed by atoms with Gasteiger partial charge in [-0.3, -0.25) is 4.79 Å². The second kappa shape index (κ2) is 6.89. The van der Waals surface area contributed by atoms with E-state index in [2.05, 4.69) is 10.2 Å². The van der Waals surface area contributed by atoms with Crippen LogP contribution in [0.4, 0.5) is 0 Å². The van der Waals surface area contributed by atoms with Crippen LogP contribution in [0.3, 0.4) is 0 Å². The van der Waals surface area contributed by atoms with Gasteiger partial charge in [0.2, 0.25) is 15.9 Å². The largest absolute Gasteiger partial charge is 0.472 e. The molecular weight excluding hydrogens is 342 g/mol. The van der Waals surface area contributed by atoms with Gasteiger partial charge in [-0.05, 0) is 38.5 Å². The number of benzene rings is 1. The van der Waals surface area contributed by atoms with Crippen LogP contribution in [-0.2, 0) is 10.0 Å². The van der Waals surface area contributed by atoms with Crippen LogP contribution in [0, 0.1) is 6.92 Å². The van der Waals surface area contributed by atoms with Crippen LogP contribution in [-0.4, -0.2) is 47.9 Å². The molecule has 0 saturated carbocycles. The van der Waals surface area contributed by atoms with Gasteiger partial charge in [0.15, 0.2) is 5.78 Å². The molecule has 1 fully saturated rings. The van der Waals surface area contributed by atoms with Gasteiger partial charge >= 0.3 is 0 Å². The molecule has 1 aliphatic rings. The fraction of sp³-hybridized carbons (Fsp3) is 0.353. The molecule has 1 aromatic carbocycles. The quantitative estimate of drug-likeness (QED) is 0.755. The molecule has 1 saturated heterocycles. The highest BCUT2D eigenvalue weighted by molar-refractivity contribution is 7.89. The number of sulfonamides is 1. The zero-order chi connectivity index (χ0) is 18.0. The third-order valence-electron chi connectivity index (χ3n) is 4.07. The molecule has 1 aromatic heterocycles. The lowest BCUT2D eigenvalue weighted by molar-refractivity contribution is 0.101. The van der Waals surface area contributed by atoms with E-state index >= 15 is 0 Å². The Bertz CT molecular complexity index is 864. The number of carbonyl (C=O) groups is 1. The van der Waals surface area contributed by atoms with E-state index in [1.807, 2.05) is 6.92 Å². The maximum atomic E-state index is 12.7. The molecule has 0 spiro atoms. The zero-order valence-electron chi connectivity index (χ0n) is 14.0. The first-order valence-corrected chi connectivity index (χ1v) is 9.38. The van der Waals surface area contributed by atoms with Crippen molar-refractivity contribution in [3.8, 4) is 5.88 Å². The highest BCUT2D eigenvalue weighted by Crippen LogP contribution is 2.23. The van der Waals surface area contributed by atoms with E-state index in [-0.39, 0.29) is 23.3 Å². The predicted octanol–water partition coefficient (Wildman–Crippen LogP) is 1.83. The summed E-state index contributed by atoms with van der Waals surface area (Å²) >= 11 is 0. The highest BCUT2D eigenvalue weighted by Gasteiger charge is 2.33. The average Bonchev–Trinajstić information content (AvgIpc) is 3.06. The summed E-state index contributed by atoms with van der Waals surface area (Å²) in [6, 6.07) is 9.50. The second-order valence-electron chi connectivity index (χ2n) is 5.99. The molecule has 0 radical (unpaired) electrons. The molecule has 2 heterocycles. The number of rotatable bonds is 5. The van der Waals surface area contributed by atoms with Crippen LogP contribution in [0.25, 0.3) is 0 Å². The van der Waals surface area contributed by atoms with E-state index in [0.29, 0.717) is 24.4 Å². The summed E-state index contributed by atoms with van der Waals surface area (Å²) in [6.07, 6.45) is 0.323. The molecule has 7 nitrogen and oxygen atoms in total. The number of aryl methyl sites for hydroxylation is 1. The minimum atomic E-state index is -3.61. The Balaban J connectivity index is 1.69. The summed E-state index contributed by atoms with van der Waals surface area (Å²) in [5, 5.41) is 7.87. The maximum absolute atomic E-state index is 12.7. The van der Waals surface area contributed by atoms with E-state index in [9.17, 15) is 13.2 Å². The lowest BCUT2D eigenvalue weighted by Crippen LogP contribution is -2.31. The van der Waals surface area contributed by atoms with Crippen LogP contribution in [0.15, 0.2) is 41.3 Å². The van der Waals surface area contributed by atoms with Gasteiger partial charge in [-0.25, -0.2) is 8.42 Å². The average molecular weight is 361 g/mol. The van der Waals surface area contributed by atoms with Crippen molar-refractivity contribution in [1.82, 2.24) is 14.5 Å². The van der Waals surface area contributed by atoms with Crippen LogP contribution < -0.4 is 4.74 Å². The summed E-state index contributed by atoms with van der Waals surface area (Å²) in [5.74, 6) is 0.290. The lowest BCUT2D eigenvalue weighted by Gasteiger charge is -2.17. The van der Waals surface area contributed by atoms with Crippen LogP contribution >= 0.6 is 0 Å². The van der Waals surface area contributed by atoms with E-state index < -0.39 is 10.0 Å². The molecular formula is C17H19N3O4S. The first-order chi connectivity index (χ1) is 11.9. The van der Waals surface area contributed by atoms with Crippen molar-refractivity contribution < 1.29 is 17.9 Å². The van der Waals surface area contributed by atoms with Crippen molar-refractivity contribution in [2.24, 2.45) is 0 Å². The minimum absolute atomic E-state index is 0.0993. The third-order valence-corrected chi connectivity index (χ3v) is 5.95. The summed E-state index contributed by atoms with van der Waals surface area (Å²) < 4.78 is 32.5. The number of hydrogen-bond acceptors (Lipinski definition) is 6. The Morgan fingerprint density at radius 3 is 2.48 bits per heavy atom. The van der Waals surface area contributed by atoms with E-state index in [1.54, 1.807) is 12.1 Å². The Morgan fingerprint density at radius 1 is 1.16 bits per heavy atom. The molecule has 25 heavy (non-hydrogen) atoms. The number of carbonyl (C=O) groups excluding carboxylic acids is 1. The third kappa shape index (κ3) is 3.85. The topological polar surface area (TPSA) is 89.5 Å². The Kier molecular flexibility index (Phi) is 4.82. The highest BCUT2D eigenvalue weighted by atomic mass is 32.2. The van der Waals surface area contributed by atoms with E-state index in [0.717, 1.165) is 5.69 Å². The van der Waals surface area contributed by atoms with Crippen molar-refractivity contribution >= 4 is 15.8 Å². The number of aromatic nitrogens is 2. The first-order valence-electron chi connectivity index (χ1n) is 7.94. The van der Waals surface area contributed by atoms with Gasteiger partial charge in [0.25, 0.3) is 0 Å². The molecule has 8 heteroatoms. The van der Waals surface area contributed by atoms with Crippen molar-refractivity contribution in [1.29, 1.82) is 0 Å². The number of Topliss-reactive ketones (excluding diaryl/α,β-unsaturated/α-hetero) is 1. The smallest absolute Gasteiger partial charge is 0.243 e. The van der Waals surface area contributed by atoms with E-state index in [1.165, 1.54) is 35.5 Å². The predicted molar refractivity (Wildman–Crippen MR) is 91.0 cm³/mol. The van der Waals surface area contributed by atoms with Crippen molar-refractivity contribution in [3.05, 3.63) is 47.7 Å². The van der Waals surface area contributed by atoms with Gasteiger partial charge < -0.3 is 4.74 Å². The van der Waals surface area contributed by atoms with Gasteiger partial charge in [-0.2, -0.15) is 9.40 Å². The number of hydrogen-bond donors (Lipinski definition) is 0. The van der Waals surface area contributed by atoms with E-state index in [4.69, 9.17) is 4.74 Å². The Morgan fingerprint density at radius 2 is 1.88 bits per heavy atom. The summed E-state index contributed by atoms with van der Waals surface area (Å²) in [5.41, 5.74) is 1.27. The van der Waals surface area contributed by atoms with Crippen LogP contribution in [0.1, 0.15) is 29.4 Å². The molecule has 1 atom stereocenters. The van der Waals surface area contributed by atoms with Crippen LogP contribution in [0.2, 0.25) is 0 Å². The SMILES string of the molecule is CC(=O)c1ccc(S(=O)(=O)N2CCC(Oc3ccc(C)nn3)C2)cc1. The number of nitrogens with zero attached hydrogens (tertiary/aromatic N) is 3. The Hall–Kier alpha value is -2.32. The van der Waals surface area contributed by atoms with Crippen molar-refractivity contribution in [2.45, 2.75) is 31.3 Å². The fourth-order valence-corrected chi connectivity index (χ4v) is 4.13. The maximum Gasteiger partial charge on any atom is 0.243 e. The van der Waals surface area contributed by atoms with Gasteiger partial charge in [0, 0.05) is 18.2 Å². The van der Waals surface area contributed by atoms with Crippen molar-refractivity contribution in [3.63, 3.8) is 0 Å². The number of ether oxygens (including phenoxy) is 1. The van der Waals surface area contributed by atoms with Gasteiger partial charge in [0.1, 0.15) is 6.10 Å². The lowest BCUT2D eigenvalue weighted by atomic mass is 10.2. The molecule has 0 aliphatic carbocycles. The first kappa shape index (κ1) is 17.5. The molecule has 1 aliphatic heterocycles. The Labute approximate surface area is 146 Å². The summed E-state index contributed by atoms with van der Waals surface area (Å²) in [4.78, 5) is 11.5. The molecule has 132 valence electrons. The summed E-state index contributed by atoms with van der Waals surface area (Å²) in [6.45, 7) is 3.91. The fourth-order valence-electron chi connectivity index (χ4n) is 2.64. The normalized spacial score (nSPS) is 18.2. The standard InChI is InChI=1S/C17H19N3O4S/c1-12-3-8-17(19-18-12)24-15-9-10-20(11-15)25(22,23)16-6-4-14(5-7-16)13(2)21/h3-8,15H,9-11H2,1-2H3. The number of ketones is 1. The van der Waals surface area contributed by atoms with Gasteiger partial charge in [0.05, 0.1) is 17.1 Å².